The van der Waals surface area contributed by atoms with Crippen LogP contribution in [0.5, 0.6) is 0 Å². The van der Waals surface area contributed by atoms with Crippen LogP contribution in [0.1, 0.15) is 36.5 Å². The summed E-state index contributed by atoms with van der Waals surface area (Å²) >= 11 is 3.11. The van der Waals surface area contributed by atoms with Gasteiger partial charge in [-0.25, -0.2) is 4.39 Å². The van der Waals surface area contributed by atoms with Crippen molar-refractivity contribution in [2.75, 3.05) is 6.54 Å². The van der Waals surface area contributed by atoms with Gasteiger partial charge in [0.25, 0.3) is 5.91 Å². The van der Waals surface area contributed by atoms with Crippen LogP contribution in [0.2, 0.25) is 0 Å². The van der Waals surface area contributed by atoms with Gasteiger partial charge in [0, 0.05) is 19.0 Å². The maximum atomic E-state index is 13.5. The Morgan fingerprint density at radius 3 is 2.89 bits per heavy atom. The molecule has 0 aliphatic carbocycles. The fourth-order valence-corrected chi connectivity index (χ4v) is 2.90. The Hall–Kier alpha value is -1.23. The molecule has 1 atom stereocenters. The highest BCUT2D eigenvalue weighted by Crippen LogP contribution is 2.27. The monoisotopic (exact) mass is 327 g/mol. The summed E-state index contributed by atoms with van der Waals surface area (Å²) < 4.78 is 13.7. The third kappa shape index (κ3) is 3.03. The van der Waals surface area contributed by atoms with Crippen LogP contribution in [-0.2, 0) is 4.79 Å². The topological polar surface area (TPSA) is 37.4 Å². The minimum absolute atomic E-state index is 0.0554. The fourth-order valence-electron chi connectivity index (χ4n) is 2.47. The van der Waals surface area contributed by atoms with E-state index < -0.39 is 5.82 Å². The molecule has 1 aromatic carbocycles. The van der Waals surface area contributed by atoms with Crippen LogP contribution in [0.3, 0.4) is 0 Å². The highest BCUT2D eigenvalue weighted by Gasteiger charge is 2.31. The van der Waals surface area contributed by atoms with Gasteiger partial charge in [-0.15, -0.1) is 0 Å². The van der Waals surface area contributed by atoms with Crippen LogP contribution >= 0.6 is 15.9 Å². The predicted octanol–water partition coefficient (Wildman–Crippen LogP) is 3.17. The van der Waals surface area contributed by atoms with Gasteiger partial charge in [-0.1, -0.05) is 6.07 Å². The zero-order chi connectivity index (χ0) is 14.0. The van der Waals surface area contributed by atoms with Crippen molar-refractivity contribution in [2.24, 2.45) is 0 Å². The number of hydrogen-bond acceptors (Lipinski definition) is 2. The highest BCUT2D eigenvalue weighted by atomic mass is 79.9. The summed E-state index contributed by atoms with van der Waals surface area (Å²) in [6.45, 7) is 2.15. The van der Waals surface area contributed by atoms with Crippen molar-refractivity contribution < 1.29 is 14.0 Å². The van der Waals surface area contributed by atoms with Gasteiger partial charge in [0.1, 0.15) is 11.6 Å². The molecule has 0 bridgehead atoms. The first-order valence-corrected chi connectivity index (χ1v) is 7.04. The second-order valence-electron chi connectivity index (χ2n) is 4.80. The molecule has 19 heavy (non-hydrogen) atoms. The summed E-state index contributed by atoms with van der Waals surface area (Å²) in [5.41, 5.74) is 0.315. The smallest absolute Gasteiger partial charge is 0.255 e. The summed E-state index contributed by atoms with van der Waals surface area (Å²) in [7, 11) is 0. The normalized spacial score (nSPS) is 18.7. The maximum absolute atomic E-state index is 13.5. The Kier molecular flexibility index (Phi) is 4.34. The zero-order valence-electron chi connectivity index (χ0n) is 10.7. The van der Waals surface area contributed by atoms with Crippen molar-refractivity contribution in [1.29, 1.82) is 0 Å². The molecule has 1 unspecified atom stereocenters. The molecule has 0 aromatic heterocycles. The minimum Gasteiger partial charge on any atom is -0.335 e. The van der Waals surface area contributed by atoms with Crippen LogP contribution in [0.15, 0.2) is 22.7 Å². The van der Waals surface area contributed by atoms with Crippen molar-refractivity contribution >= 4 is 27.6 Å². The predicted molar refractivity (Wildman–Crippen MR) is 73.5 cm³/mol. The number of ketones is 1. The molecule has 0 radical (unpaired) electrons. The second kappa shape index (κ2) is 5.82. The number of rotatable bonds is 3. The number of amides is 1. The standard InChI is InChI=1S/C14H15BrFNO2/c1-9(18)8-10-4-3-7-17(10)14(19)11-5-2-6-12(16)13(11)15/h2,5-6,10H,3-4,7-8H2,1H3. The number of nitrogens with zero attached hydrogens (tertiary/aromatic N) is 1. The lowest BCUT2D eigenvalue weighted by molar-refractivity contribution is -0.117. The SMILES string of the molecule is CC(=O)CC1CCCN1C(=O)c1cccc(F)c1Br. The molecule has 0 saturated carbocycles. The minimum atomic E-state index is -0.451. The molecule has 0 spiro atoms. The van der Waals surface area contributed by atoms with Gasteiger partial charge in [-0.05, 0) is 47.8 Å². The lowest BCUT2D eigenvalue weighted by atomic mass is 10.1. The van der Waals surface area contributed by atoms with Crippen molar-refractivity contribution in [3.8, 4) is 0 Å². The van der Waals surface area contributed by atoms with E-state index in [0.717, 1.165) is 12.8 Å². The van der Waals surface area contributed by atoms with Gasteiger partial charge in [0.05, 0.1) is 10.0 Å². The lowest BCUT2D eigenvalue weighted by Gasteiger charge is -2.24. The molecule has 1 heterocycles. The highest BCUT2D eigenvalue weighted by molar-refractivity contribution is 9.10. The molecule has 3 nitrogen and oxygen atoms in total. The average molecular weight is 328 g/mol. The Bertz CT molecular complexity index is 518. The lowest BCUT2D eigenvalue weighted by Crippen LogP contribution is -2.36. The van der Waals surface area contributed by atoms with Crippen molar-refractivity contribution in [3.05, 3.63) is 34.1 Å². The van der Waals surface area contributed by atoms with Crippen molar-refractivity contribution in [3.63, 3.8) is 0 Å². The molecule has 2 rings (SSSR count). The molecular formula is C14H15BrFNO2. The van der Waals surface area contributed by atoms with E-state index in [1.807, 2.05) is 0 Å². The van der Waals surface area contributed by atoms with Crippen LogP contribution in [0.4, 0.5) is 4.39 Å². The van der Waals surface area contributed by atoms with Crippen LogP contribution in [0.25, 0.3) is 0 Å². The molecule has 1 amide bonds. The summed E-state index contributed by atoms with van der Waals surface area (Å²) in [5, 5.41) is 0. The number of Topliss-reactive ketones (excluding diaryl/α,β-unsaturated/α-hetero) is 1. The molecular weight excluding hydrogens is 313 g/mol. The van der Waals surface area contributed by atoms with Gasteiger partial charge < -0.3 is 4.90 Å². The quantitative estimate of drug-likeness (QED) is 0.855. The van der Waals surface area contributed by atoms with E-state index in [4.69, 9.17) is 0 Å². The number of likely N-dealkylation sites (tertiary alicyclic amines) is 1. The van der Waals surface area contributed by atoms with E-state index in [1.165, 1.54) is 19.1 Å². The molecule has 0 N–H and O–H groups in total. The van der Waals surface area contributed by atoms with Crippen LogP contribution in [0, 0.1) is 5.82 Å². The first kappa shape index (κ1) is 14.2. The molecule has 1 aliphatic heterocycles. The fraction of sp³-hybridized carbons (Fsp3) is 0.429. The van der Waals surface area contributed by atoms with Gasteiger partial charge in [0.15, 0.2) is 0 Å². The largest absolute Gasteiger partial charge is 0.335 e. The Morgan fingerprint density at radius 2 is 2.21 bits per heavy atom. The first-order valence-electron chi connectivity index (χ1n) is 6.25. The molecule has 1 fully saturated rings. The van der Waals surface area contributed by atoms with E-state index in [9.17, 15) is 14.0 Å². The van der Waals surface area contributed by atoms with E-state index in [0.29, 0.717) is 18.5 Å². The van der Waals surface area contributed by atoms with E-state index >= 15 is 0 Å². The van der Waals surface area contributed by atoms with Gasteiger partial charge in [-0.3, -0.25) is 9.59 Å². The van der Waals surface area contributed by atoms with Gasteiger partial charge in [0.2, 0.25) is 0 Å². The van der Waals surface area contributed by atoms with Crippen LogP contribution < -0.4 is 0 Å². The number of hydrogen-bond donors (Lipinski definition) is 0. The zero-order valence-corrected chi connectivity index (χ0v) is 12.2. The average Bonchev–Trinajstić information content (AvgIpc) is 2.79. The van der Waals surface area contributed by atoms with E-state index in [1.54, 1.807) is 11.0 Å². The van der Waals surface area contributed by atoms with E-state index in [2.05, 4.69) is 15.9 Å². The summed E-state index contributed by atoms with van der Waals surface area (Å²) in [5.74, 6) is -0.591. The number of benzene rings is 1. The summed E-state index contributed by atoms with van der Waals surface area (Å²) in [6, 6.07) is 4.36. The van der Waals surface area contributed by atoms with E-state index in [-0.39, 0.29) is 22.2 Å². The number of carbonyl (C=O) groups is 2. The Labute approximate surface area is 119 Å². The number of halogens is 2. The molecule has 102 valence electrons. The molecule has 1 saturated heterocycles. The first-order chi connectivity index (χ1) is 9.00. The molecule has 5 heteroatoms. The molecule has 1 aliphatic rings. The number of carbonyl (C=O) groups excluding carboxylic acids is 2. The van der Waals surface area contributed by atoms with Gasteiger partial charge in [-0.2, -0.15) is 0 Å². The van der Waals surface area contributed by atoms with Gasteiger partial charge >= 0.3 is 0 Å². The van der Waals surface area contributed by atoms with Crippen LogP contribution in [-0.4, -0.2) is 29.2 Å². The Morgan fingerprint density at radius 1 is 1.47 bits per heavy atom. The second-order valence-corrected chi connectivity index (χ2v) is 5.60. The third-order valence-electron chi connectivity index (χ3n) is 3.34. The summed E-state index contributed by atoms with van der Waals surface area (Å²) in [6.07, 6.45) is 2.09. The van der Waals surface area contributed by atoms with Crippen molar-refractivity contribution in [1.82, 2.24) is 4.90 Å². The molecule has 1 aromatic rings. The maximum Gasteiger partial charge on any atom is 0.255 e. The summed E-state index contributed by atoms with van der Waals surface area (Å²) in [4.78, 5) is 25.3. The van der Waals surface area contributed by atoms with Crippen molar-refractivity contribution in [2.45, 2.75) is 32.2 Å². The Balaban J connectivity index is 2.23. The third-order valence-corrected chi connectivity index (χ3v) is 4.15.